The van der Waals surface area contributed by atoms with Crippen LogP contribution in [0.2, 0.25) is 0 Å². The Hall–Kier alpha value is -3.54. The lowest BCUT2D eigenvalue weighted by Crippen LogP contribution is -2.14. The van der Waals surface area contributed by atoms with Crippen molar-refractivity contribution in [2.75, 3.05) is 20.3 Å². The molecule has 1 aliphatic heterocycles. The summed E-state index contributed by atoms with van der Waals surface area (Å²) in [5.74, 6) is 1.02. The second-order valence-corrected chi connectivity index (χ2v) is 5.63. The number of ether oxygens (including phenoxy) is 4. The number of Topliss-reactive ketones (excluding diaryl/α,β-unsaturated/α-hetero) is 1. The average molecular weight is 366 g/mol. The van der Waals surface area contributed by atoms with Crippen molar-refractivity contribution in [2.45, 2.75) is 0 Å². The van der Waals surface area contributed by atoms with Crippen LogP contribution in [0.25, 0.3) is 6.08 Å². The fourth-order valence-corrected chi connectivity index (χ4v) is 2.44. The second-order valence-electron chi connectivity index (χ2n) is 5.63. The normalized spacial score (nSPS) is 13.7. The topological polar surface area (TPSA) is 71.1 Å². The van der Waals surface area contributed by atoms with Gasteiger partial charge in [-0.1, -0.05) is 24.8 Å². The predicted molar refractivity (Wildman–Crippen MR) is 99.0 cm³/mol. The lowest BCUT2D eigenvalue weighted by atomic mass is 10.1. The second kappa shape index (κ2) is 8.23. The Morgan fingerprint density at radius 3 is 2.59 bits per heavy atom. The zero-order chi connectivity index (χ0) is 19.2. The van der Waals surface area contributed by atoms with Gasteiger partial charge in [-0.15, -0.1) is 0 Å². The van der Waals surface area contributed by atoms with Crippen LogP contribution in [0.5, 0.6) is 17.2 Å². The highest BCUT2D eigenvalue weighted by atomic mass is 16.6. The molecule has 2 aromatic carbocycles. The molecule has 0 unspecified atom stereocenters. The van der Waals surface area contributed by atoms with Gasteiger partial charge >= 0.3 is 5.97 Å². The van der Waals surface area contributed by atoms with E-state index in [0.717, 1.165) is 11.3 Å². The van der Waals surface area contributed by atoms with Crippen LogP contribution in [0.1, 0.15) is 15.9 Å². The Kier molecular flexibility index (Phi) is 5.56. The number of esters is 1. The molecule has 0 fully saturated rings. The maximum absolute atomic E-state index is 12.5. The van der Waals surface area contributed by atoms with E-state index in [1.54, 1.807) is 43.5 Å². The van der Waals surface area contributed by atoms with Gasteiger partial charge in [0.15, 0.2) is 12.4 Å². The van der Waals surface area contributed by atoms with Crippen molar-refractivity contribution in [3.63, 3.8) is 0 Å². The summed E-state index contributed by atoms with van der Waals surface area (Å²) in [6.45, 7) is 3.35. The van der Waals surface area contributed by atoms with Crippen molar-refractivity contribution in [1.82, 2.24) is 0 Å². The standard InChI is InChI=1S/C21H18O6/c1-3-10-25-20(22)13-26-16-8-9-17-18(12-16)27-19(21(17)23)11-14-4-6-15(24-2)7-5-14/h3-9,11-12H,1,10,13H2,2H3/b19-11-. The number of carbonyl (C=O) groups excluding carboxylic acids is 2. The first-order valence-electron chi connectivity index (χ1n) is 8.22. The highest BCUT2D eigenvalue weighted by Gasteiger charge is 2.27. The van der Waals surface area contributed by atoms with E-state index in [9.17, 15) is 9.59 Å². The van der Waals surface area contributed by atoms with E-state index in [-0.39, 0.29) is 24.8 Å². The van der Waals surface area contributed by atoms with Crippen molar-refractivity contribution >= 4 is 17.8 Å². The van der Waals surface area contributed by atoms with Crippen molar-refractivity contribution in [2.24, 2.45) is 0 Å². The molecule has 0 amide bonds. The quantitative estimate of drug-likeness (QED) is 0.425. The van der Waals surface area contributed by atoms with E-state index in [1.165, 1.54) is 6.08 Å². The predicted octanol–water partition coefficient (Wildman–Crippen LogP) is 3.42. The van der Waals surface area contributed by atoms with E-state index in [4.69, 9.17) is 18.9 Å². The van der Waals surface area contributed by atoms with Crippen LogP contribution < -0.4 is 14.2 Å². The molecule has 0 saturated carbocycles. The monoisotopic (exact) mass is 366 g/mol. The Morgan fingerprint density at radius 1 is 1.15 bits per heavy atom. The van der Waals surface area contributed by atoms with Gasteiger partial charge in [-0.2, -0.15) is 0 Å². The number of fused-ring (bicyclic) bond motifs is 1. The lowest BCUT2D eigenvalue weighted by Gasteiger charge is -2.06. The molecule has 6 nitrogen and oxygen atoms in total. The minimum absolute atomic E-state index is 0.128. The molecule has 3 rings (SSSR count). The summed E-state index contributed by atoms with van der Waals surface area (Å²) in [6, 6.07) is 12.0. The Labute approximate surface area is 156 Å². The number of hydrogen-bond donors (Lipinski definition) is 0. The summed E-state index contributed by atoms with van der Waals surface area (Å²) in [6.07, 6.45) is 3.14. The summed E-state index contributed by atoms with van der Waals surface area (Å²) < 4.78 is 21.0. The summed E-state index contributed by atoms with van der Waals surface area (Å²) in [5, 5.41) is 0. The highest BCUT2D eigenvalue weighted by Crippen LogP contribution is 2.35. The number of methoxy groups -OCH3 is 1. The molecular formula is C21H18O6. The first-order chi connectivity index (χ1) is 13.1. The molecule has 0 spiro atoms. The van der Waals surface area contributed by atoms with Crippen LogP contribution in [0.4, 0.5) is 0 Å². The van der Waals surface area contributed by atoms with Gasteiger partial charge in [0.2, 0.25) is 5.78 Å². The molecule has 0 saturated heterocycles. The Bertz CT molecular complexity index is 895. The maximum Gasteiger partial charge on any atom is 0.344 e. The van der Waals surface area contributed by atoms with Crippen LogP contribution in [-0.2, 0) is 9.53 Å². The Morgan fingerprint density at radius 2 is 1.89 bits per heavy atom. The van der Waals surface area contributed by atoms with E-state index in [0.29, 0.717) is 17.1 Å². The number of carbonyl (C=O) groups is 2. The van der Waals surface area contributed by atoms with Crippen LogP contribution >= 0.6 is 0 Å². The fourth-order valence-electron chi connectivity index (χ4n) is 2.44. The molecule has 0 atom stereocenters. The van der Waals surface area contributed by atoms with Crippen LogP contribution in [0, 0.1) is 0 Å². The molecule has 0 aromatic heterocycles. The smallest absolute Gasteiger partial charge is 0.344 e. The highest BCUT2D eigenvalue weighted by molar-refractivity contribution is 6.14. The maximum atomic E-state index is 12.5. The van der Waals surface area contributed by atoms with E-state index < -0.39 is 5.97 Å². The molecule has 0 radical (unpaired) electrons. The van der Waals surface area contributed by atoms with Crippen LogP contribution in [0.15, 0.2) is 60.9 Å². The molecule has 1 aliphatic rings. The van der Waals surface area contributed by atoms with Crippen molar-refractivity contribution in [3.8, 4) is 17.2 Å². The largest absolute Gasteiger partial charge is 0.497 e. The van der Waals surface area contributed by atoms with Gasteiger partial charge in [-0.3, -0.25) is 4.79 Å². The summed E-state index contributed by atoms with van der Waals surface area (Å²) >= 11 is 0. The third-order valence-corrected chi connectivity index (χ3v) is 3.77. The van der Waals surface area contributed by atoms with Gasteiger partial charge in [0.25, 0.3) is 0 Å². The molecule has 0 bridgehead atoms. The minimum atomic E-state index is -0.507. The Balaban J connectivity index is 1.70. The molecule has 2 aromatic rings. The van der Waals surface area contributed by atoms with Crippen molar-refractivity contribution in [1.29, 1.82) is 0 Å². The SMILES string of the molecule is C=CCOC(=O)COc1ccc2c(c1)O/C(=C\c1ccc(OC)cc1)C2=O. The minimum Gasteiger partial charge on any atom is -0.497 e. The zero-order valence-electron chi connectivity index (χ0n) is 14.8. The van der Waals surface area contributed by atoms with Gasteiger partial charge in [-0.25, -0.2) is 4.79 Å². The van der Waals surface area contributed by atoms with Gasteiger partial charge in [-0.05, 0) is 35.9 Å². The van der Waals surface area contributed by atoms with Crippen LogP contribution in [-0.4, -0.2) is 32.1 Å². The van der Waals surface area contributed by atoms with Gasteiger partial charge in [0.1, 0.15) is 23.9 Å². The fraction of sp³-hybridized carbons (Fsp3) is 0.143. The molecule has 1 heterocycles. The number of ketones is 1. The zero-order valence-corrected chi connectivity index (χ0v) is 14.8. The van der Waals surface area contributed by atoms with Gasteiger partial charge in [0.05, 0.1) is 12.7 Å². The number of hydrogen-bond acceptors (Lipinski definition) is 6. The van der Waals surface area contributed by atoms with Crippen LogP contribution in [0.3, 0.4) is 0 Å². The third-order valence-electron chi connectivity index (χ3n) is 3.77. The van der Waals surface area contributed by atoms with Crippen molar-refractivity contribution < 1.29 is 28.5 Å². The van der Waals surface area contributed by atoms with E-state index in [1.807, 2.05) is 12.1 Å². The molecule has 0 N–H and O–H groups in total. The summed E-state index contributed by atoms with van der Waals surface area (Å²) in [5.41, 5.74) is 1.25. The van der Waals surface area contributed by atoms with E-state index in [2.05, 4.69) is 6.58 Å². The van der Waals surface area contributed by atoms with Crippen molar-refractivity contribution in [3.05, 3.63) is 72.0 Å². The first kappa shape index (κ1) is 18.3. The molecule has 27 heavy (non-hydrogen) atoms. The molecular weight excluding hydrogens is 348 g/mol. The van der Waals surface area contributed by atoms with Gasteiger partial charge < -0.3 is 18.9 Å². The number of rotatable bonds is 7. The third kappa shape index (κ3) is 4.36. The number of benzene rings is 2. The lowest BCUT2D eigenvalue weighted by molar-refractivity contribution is -0.144. The van der Waals surface area contributed by atoms with Gasteiger partial charge in [0, 0.05) is 6.07 Å². The summed E-state index contributed by atoms with van der Waals surface area (Å²) in [7, 11) is 1.59. The summed E-state index contributed by atoms with van der Waals surface area (Å²) in [4.78, 5) is 23.9. The average Bonchev–Trinajstić information content (AvgIpc) is 3.00. The number of allylic oxidation sites excluding steroid dienone is 1. The molecule has 6 heteroatoms. The molecule has 138 valence electrons. The first-order valence-corrected chi connectivity index (χ1v) is 8.22. The molecule has 0 aliphatic carbocycles. The van der Waals surface area contributed by atoms with E-state index >= 15 is 0 Å².